The van der Waals surface area contributed by atoms with Crippen molar-refractivity contribution in [3.63, 3.8) is 0 Å². The van der Waals surface area contributed by atoms with Crippen molar-refractivity contribution < 1.29 is 9.18 Å². The van der Waals surface area contributed by atoms with E-state index in [2.05, 4.69) is 5.32 Å². The molecule has 0 bridgehead atoms. The molecule has 0 saturated carbocycles. The fourth-order valence-electron chi connectivity index (χ4n) is 1.51. The molecule has 1 N–H and O–H groups in total. The number of halogens is 2. The van der Waals surface area contributed by atoms with Crippen molar-refractivity contribution in [2.75, 3.05) is 5.32 Å². The lowest BCUT2D eigenvalue weighted by molar-refractivity contribution is -0.111. The summed E-state index contributed by atoms with van der Waals surface area (Å²) in [5, 5.41) is 3.09. The fourth-order valence-corrected chi connectivity index (χ4v) is 1.63. The Bertz CT molecular complexity index is 593. The van der Waals surface area contributed by atoms with E-state index in [1.54, 1.807) is 36.4 Å². The monoisotopic (exact) mass is 275 g/mol. The van der Waals surface area contributed by atoms with Crippen LogP contribution in [0, 0.1) is 0 Å². The summed E-state index contributed by atoms with van der Waals surface area (Å²) in [4.78, 5) is 11.6. The number of hydrogen-bond donors (Lipinski definition) is 1. The minimum Gasteiger partial charge on any atom is -0.322 e. The summed E-state index contributed by atoms with van der Waals surface area (Å²) in [5.74, 6) is -1.12. The van der Waals surface area contributed by atoms with Gasteiger partial charge in [0, 0.05) is 22.3 Å². The molecule has 0 aliphatic carbocycles. The molecule has 96 valence electrons. The first-order valence-electron chi connectivity index (χ1n) is 5.64. The van der Waals surface area contributed by atoms with Gasteiger partial charge in [0.2, 0.25) is 0 Å². The largest absolute Gasteiger partial charge is 0.322 e. The number of para-hydroxylation sites is 1. The Hall–Kier alpha value is -2.13. The second-order valence-electron chi connectivity index (χ2n) is 3.85. The molecule has 19 heavy (non-hydrogen) atoms. The highest BCUT2D eigenvalue weighted by atomic mass is 35.5. The van der Waals surface area contributed by atoms with Gasteiger partial charge < -0.3 is 5.32 Å². The Morgan fingerprint density at radius 3 is 2.32 bits per heavy atom. The van der Waals surface area contributed by atoms with Gasteiger partial charge in [-0.05, 0) is 24.3 Å². The van der Waals surface area contributed by atoms with Gasteiger partial charge in [0.1, 0.15) is 5.83 Å². The van der Waals surface area contributed by atoms with Crippen LogP contribution in [0.25, 0.3) is 5.83 Å². The molecule has 0 aliphatic heterocycles. The molecule has 0 aromatic heterocycles. The predicted octanol–water partition coefficient (Wildman–Crippen LogP) is 4.29. The smallest absolute Gasteiger partial charge is 0.251 e. The summed E-state index contributed by atoms with van der Waals surface area (Å²) < 4.78 is 13.8. The third-order valence-corrected chi connectivity index (χ3v) is 2.67. The molecule has 1 amide bonds. The Morgan fingerprint density at radius 2 is 1.68 bits per heavy atom. The zero-order valence-electron chi connectivity index (χ0n) is 9.94. The maximum absolute atomic E-state index is 13.8. The van der Waals surface area contributed by atoms with E-state index in [1.165, 1.54) is 12.1 Å². The van der Waals surface area contributed by atoms with Crippen LogP contribution >= 0.6 is 11.6 Å². The number of carbonyl (C=O) groups is 1. The topological polar surface area (TPSA) is 29.1 Å². The van der Waals surface area contributed by atoms with Crippen molar-refractivity contribution in [1.82, 2.24) is 0 Å². The molecule has 0 spiro atoms. The molecule has 0 unspecified atom stereocenters. The molecule has 0 saturated heterocycles. The first-order chi connectivity index (χ1) is 9.15. The Balaban J connectivity index is 2.08. The number of hydrogen-bond acceptors (Lipinski definition) is 1. The lowest BCUT2D eigenvalue weighted by Gasteiger charge is -2.02. The van der Waals surface area contributed by atoms with Crippen molar-refractivity contribution in [1.29, 1.82) is 0 Å². The number of benzene rings is 2. The second kappa shape index (κ2) is 6.16. The average molecular weight is 276 g/mol. The highest BCUT2D eigenvalue weighted by Gasteiger charge is 2.04. The molecule has 2 aromatic rings. The SMILES string of the molecule is O=C(/C=C(/F)c1ccc(Cl)cc1)Nc1ccccc1. The molecule has 0 heterocycles. The summed E-state index contributed by atoms with van der Waals surface area (Å²) in [6, 6.07) is 15.0. The Kier molecular flexibility index (Phi) is 4.31. The number of nitrogens with one attached hydrogen (secondary N) is 1. The highest BCUT2D eigenvalue weighted by Crippen LogP contribution is 2.18. The van der Waals surface area contributed by atoms with Crippen molar-refractivity contribution in [2.24, 2.45) is 0 Å². The molecule has 2 aromatic carbocycles. The van der Waals surface area contributed by atoms with Gasteiger partial charge in [0.25, 0.3) is 5.91 Å². The van der Waals surface area contributed by atoms with Crippen LogP contribution in [-0.2, 0) is 4.79 Å². The highest BCUT2D eigenvalue weighted by molar-refractivity contribution is 6.30. The summed E-state index contributed by atoms with van der Waals surface area (Å²) in [5.41, 5.74) is 0.931. The van der Waals surface area contributed by atoms with E-state index in [0.29, 0.717) is 16.3 Å². The van der Waals surface area contributed by atoms with E-state index < -0.39 is 11.7 Å². The van der Waals surface area contributed by atoms with E-state index >= 15 is 0 Å². The van der Waals surface area contributed by atoms with Crippen LogP contribution in [0.1, 0.15) is 5.56 Å². The maximum Gasteiger partial charge on any atom is 0.251 e. The Morgan fingerprint density at radius 1 is 1.05 bits per heavy atom. The van der Waals surface area contributed by atoms with E-state index in [-0.39, 0.29) is 0 Å². The molecule has 2 nitrogen and oxygen atoms in total. The lowest BCUT2D eigenvalue weighted by atomic mass is 10.2. The number of carbonyl (C=O) groups excluding carboxylic acids is 1. The first-order valence-corrected chi connectivity index (χ1v) is 6.02. The van der Waals surface area contributed by atoms with E-state index in [0.717, 1.165) is 6.08 Å². The average Bonchev–Trinajstić information content (AvgIpc) is 2.40. The number of amides is 1. The standard InChI is InChI=1S/C15H11ClFNO/c16-12-8-6-11(7-9-12)14(17)10-15(19)18-13-4-2-1-3-5-13/h1-10H,(H,18,19)/b14-10+. The molecular formula is C15H11ClFNO. The van der Waals surface area contributed by atoms with Gasteiger partial charge in [-0.2, -0.15) is 0 Å². The van der Waals surface area contributed by atoms with E-state index in [4.69, 9.17) is 11.6 Å². The molecule has 0 atom stereocenters. The summed E-state index contributed by atoms with van der Waals surface area (Å²) >= 11 is 5.71. The van der Waals surface area contributed by atoms with Crippen LogP contribution in [0.15, 0.2) is 60.7 Å². The lowest BCUT2D eigenvalue weighted by Crippen LogP contribution is -2.08. The van der Waals surface area contributed by atoms with Gasteiger partial charge >= 0.3 is 0 Å². The van der Waals surface area contributed by atoms with Crippen LogP contribution in [0.2, 0.25) is 5.02 Å². The zero-order valence-corrected chi connectivity index (χ0v) is 10.7. The molecule has 0 radical (unpaired) electrons. The Labute approximate surface area is 115 Å². The van der Waals surface area contributed by atoms with E-state index in [1.807, 2.05) is 6.07 Å². The van der Waals surface area contributed by atoms with Crippen LogP contribution in [-0.4, -0.2) is 5.91 Å². The molecule has 0 fully saturated rings. The molecule has 2 rings (SSSR count). The normalized spacial score (nSPS) is 11.2. The minimum atomic E-state index is -0.606. The summed E-state index contributed by atoms with van der Waals surface area (Å²) in [7, 11) is 0. The zero-order chi connectivity index (χ0) is 13.7. The van der Waals surface area contributed by atoms with Gasteiger partial charge in [-0.3, -0.25) is 4.79 Å². The van der Waals surface area contributed by atoms with Crippen LogP contribution in [0.4, 0.5) is 10.1 Å². The van der Waals surface area contributed by atoms with Gasteiger partial charge in [-0.15, -0.1) is 0 Å². The van der Waals surface area contributed by atoms with Crippen molar-refractivity contribution in [2.45, 2.75) is 0 Å². The van der Waals surface area contributed by atoms with Gasteiger partial charge in [0.05, 0.1) is 0 Å². The third-order valence-electron chi connectivity index (χ3n) is 2.42. The number of rotatable bonds is 3. The minimum absolute atomic E-state index is 0.313. The predicted molar refractivity (Wildman–Crippen MR) is 75.6 cm³/mol. The number of anilines is 1. The van der Waals surface area contributed by atoms with Crippen molar-refractivity contribution >= 4 is 29.0 Å². The molecule has 4 heteroatoms. The van der Waals surface area contributed by atoms with Crippen LogP contribution in [0.3, 0.4) is 0 Å². The van der Waals surface area contributed by atoms with Crippen molar-refractivity contribution in [3.8, 4) is 0 Å². The molecule has 0 aliphatic rings. The fraction of sp³-hybridized carbons (Fsp3) is 0. The van der Waals surface area contributed by atoms with Gasteiger partial charge in [-0.25, -0.2) is 4.39 Å². The van der Waals surface area contributed by atoms with E-state index in [9.17, 15) is 9.18 Å². The summed E-state index contributed by atoms with van der Waals surface area (Å²) in [6.07, 6.45) is 0.913. The van der Waals surface area contributed by atoms with Gasteiger partial charge in [0.15, 0.2) is 0 Å². The maximum atomic E-state index is 13.8. The third kappa shape index (κ3) is 3.93. The molecular weight excluding hydrogens is 265 g/mol. The van der Waals surface area contributed by atoms with Crippen LogP contribution < -0.4 is 5.32 Å². The quantitative estimate of drug-likeness (QED) is 0.832. The van der Waals surface area contributed by atoms with Crippen LogP contribution in [0.5, 0.6) is 0 Å². The first kappa shape index (κ1) is 13.3. The second-order valence-corrected chi connectivity index (χ2v) is 4.29. The van der Waals surface area contributed by atoms with Crippen molar-refractivity contribution in [3.05, 3.63) is 71.3 Å². The summed E-state index contributed by atoms with van der Waals surface area (Å²) in [6.45, 7) is 0. The van der Waals surface area contributed by atoms with Gasteiger partial charge in [-0.1, -0.05) is 41.9 Å².